The largest absolute Gasteiger partial charge is 0.493 e. The summed E-state index contributed by atoms with van der Waals surface area (Å²) in [7, 11) is 1.52. The molecule has 2 N–H and O–H groups in total. The Bertz CT molecular complexity index is 1270. The molecular weight excluding hydrogens is 450 g/mol. The van der Waals surface area contributed by atoms with Crippen molar-refractivity contribution in [3.8, 4) is 11.5 Å². The summed E-state index contributed by atoms with van der Waals surface area (Å²) in [6.45, 7) is 1.79. The van der Waals surface area contributed by atoms with E-state index in [1.165, 1.54) is 18.9 Å². The highest BCUT2D eigenvalue weighted by molar-refractivity contribution is 8.18. The number of aliphatic imine (C=N–C) groups is 1. The third kappa shape index (κ3) is 6.05. The fourth-order valence-electron chi connectivity index (χ4n) is 3.21. The fourth-order valence-corrected chi connectivity index (χ4v) is 4.05. The van der Waals surface area contributed by atoms with Gasteiger partial charge < -0.3 is 20.1 Å². The molecule has 0 atom stereocenters. The molecule has 0 aliphatic carbocycles. The van der Waals surface area contributed by atoms with Crippen LogP contribution in [-0.4, -0.2) is 30.7 Å². The van der Waals surface area contributed by atoms with Crippen LogP contribution in [0.25, 0.3) is 6.08 Å². The molecule has 0 saturated carbocycles. The standard InChI is InChI=1S/C26H23N3O4S/c1-17-7-6-10-20(13-17)27-24(30)16-33-21-12-11-18(14-22(21)32-2)15-23-25(31)29-26(34-23)28-19-8-4-3-5-9-19/h3-15H,16H2,1-2H3,(H,27,30)(H,28,29,31)/b23-15-. The minimum atomic E-state index is -0.275. The highest BCUT2D eigenvalue weighted by Gasteiger charge is 2.24. The van der Waals surface area contributed by atoms with Gasteiger partial charge in [-0.1, -0.05) is 36.4 Å². The van der Waals surface area contributed by atoms with Gasteiger partial charge in [-0.3, -0.25) is 9.59 Å². The molecule has 0 aromatic heterocycles. The number of amides is 2. The number of hydrogen-bond acceptors (Lipinski definition) is 6. The minimum Gasteiger partial charge on any atom is -0.493 e. The van der Waals surface area contributed by atoms with E-state index in [9.17, 15) is 9.59 Å². The van der Waals surface area contributed by atoms with Crippen molar-refractivity contribution in [2.75, 3.05) is 19.0 Å². The summed E-state index contributed by atoms with van der Waals surface area (Å²) >= 11 is 1.27. The maximum atomic E-state index is 12.4. The van der Waals surface area contributed by atoms with E-state index in [-0.39, 0.29) is 18.4 Å². The van der Waals surface area contributed by atoms with E-state index >= 15 is 0 Å². The Morgan fingerprint density at radius 3 is 2.65 bits per heavy atom. The first-order valence-electron chi connectivity index (χ1n) is 10.5. The van der Waals surface area contributed by atoms with Crippen LogP contribution in [0.2, 0.25) is 0 Å². The minimum absolute atomic E-state index is 0.164. The average Bonchev–Trinajstić information content (AvgIpc) is 3.17. The number of carbonyl (C=O) groups is 2. The monoisotopic (exact) mass is 473 g/mol. The average molecular weight is 474 g/mol. The summed E-state index contributed by atoms with van der Waals surface area (Å²) in [5.74, 6) is 0.396. The van der Waals surface area contributed by atoms with Gasteiger partial charge in [-0.05, 0) is 72.3 Å². The number of nitrogens with zero attached hydrogens (tertiary/aromatic N) is 1. The molecule has 7 nitrogen and oxygen atoms in total. The number of para-hydroxylation sites is 1. The molecule has 0 radical (unpaired) electrons. The molecule has 172 valence electrons. The molecule has 3 aromatic carbocycles. The lowest BCUT2D eigenvalue weighted by Gasteiger charge is -2.12. The molecule has 0 spiro atoms. The van der Waals surface area contributed by atoms with Gasteiger partial charge in [0.1, 0.15) is 0 Å². The van der Waals surface area contributed by atoms with E-state index in [1.807, 2.05) is 61.5 Å². The number of rotatable bonds is 7. The number of carbonyl (C=O) groups excluding carboxylic acids is 2. The van der Waals surface area contributed by atoms with Crippen LogP contribution in [0.4, 0.5) is 11.4 Å². The van der Waals surface area contributed by atoms with Gasteiger partial charge in [0.15, 0.2) is 23.3 Å². The topological polar surface area (TPSA) is 89.0 Å². The lowest BCUT2D eigenvalue weighted by Crippen LogP contribution is -2.20. The van der Waals surface area contributed by atoms with Gasteiger partial charge in [0.05, 0.1) is 17.7 Å². The van der Waals surface area contributed by atoms with E-state index in [2.05, 4.69) is 15.6 Å². The summed E-state index contributed by atoms with van der Waals surface area (Å²) in [5.41, 5.74) is 3.29. The lowest BCUT2D eigenvalue weighted by molar-refractivity contribution is -0.118. The van der Waals surface area contributed by atoms with E-state index in [4.69, 9.17) is 9.47 Å². The summed E-state index contributed by atoms with van der Waals surface area (Å²) in [6.07, 6.45) is 1.75. The van der Waals surface area contributed by atoms with Crippen molar-refractivity contribution in [1.82, 2.24) is 5.32 Å². The molecular formula is C26H23N3O4S. The van der Waals surface area contributed by atoms with Crippen LogP contribution in [0.15, 0.2) is 82.7 Å². The van der Waals surface area contributed by atoms with Crippen LogP contribution in [0.5, 0.6) is 11.5 Å². The molecule has 1 saturated heterocycles. The second kappa shape index (κ2) is 10.7. The molecule has 1 aliphatic heterocycles. The van der Waals surface area contributed by atoms with Gasteiger partial charge >= 0.3 is 0 Å². The Morgan fingerprint density at radius 2 is 1.88 bits per heavy atom. The molecule has 34 heavy (non-hydrogen) atoms. The molecule has 3 aromatic rings. The first kappa shape index (κ1) is 23.1. The van der Waals surface area contributed by atoms with Crippen molar-refractivity contribution in [1.29, 1.82) is 0 Å². The van der Waals surface area contributed by atoms with Gasteiger partial charge in [-0.2, -0.15) is 0 Å². The molecule has 0 bridgehead atoms. The third-order valence-corrected chi connectivity index (χ3v) is 5.69. The zero-order chi connectivity index (χ0) is 23.9. The van der Waals surface area contributed by atoms with Crippen LogP contribution in [0, 0.1) is 6.92 Å². The SMILES string of the molecule is COc1cc(/C=C2\SC(=Nc3ccccc3)NC2=O)ccc1OCC(=O)Nc1cccc(C)c1. The quantitative estimate of drug-likeness (QED) is 0.476. The number of benzene rings is 3. The van der Waals surface area contributed by atoms with Gasteiger partial charge in [-0.15, -0.1) is 0 Å². The maximum Gasteiger partial charge on any atom is 0.264 e. The molecule has 1 fully saturated rings. The fraction of sp³-hybridized carbons (Fsp3) is 0.115. The van der Waals surface area contributed by atoms with E-state index < -0.39 is 0 Å². The number of aryl methyl sites for hydroxylation is 1. The maximum absolute atomic E-state index is 12.4. The molecule has 0 unspecified atom stereocenters. The first-order valence-corrected chi connectivity index (χ1v) is 11.3. The van der Waals surface area contributed by atoms with Crippen LogP contribution in [0.3, 0.4) is 0 Å². The predicted octanol–water partition coefficient (Wildman–Crippen LogP) is 4.91. The summed E-state index contributed by atoms with van der Waals surface area (Å²) < 4.78 is 11.1. The zero-order valence-electron chi connectivity index (χ0n) is 18.7. The van der Waals surface area contributed by atoms with Gasteiger partial charge in [-0.25, -0.2) is 4.99 Å². The van der Waals surface area contributed by atoms with E-state index in [0.717, 1.165) is 16.8 Å². The van der Waals surface area contributed by atoms with Gasteiger partial charge in [0, 0.05) is 5.69 Å². The van der Waals surface area contributed by atoms with Crippen molar-refractivity contribution in [2.45, 2.75) is 6.92 Å². The second-order valence-corrected chi connectivity index (χ2v) is 8.46. The van der Waals surface area contributed by atoms with Gasteiger partial charge in [0.2, 0.25) is 0 Å². The number of ether oxygens (including phenoxy) is 2. The smallest absolute Gasteiger partial charge is 0.264 e. The zero-order valence-corrected chi connectivity index (χ0v) is 19.5. The van der Waals surface area contributed by atoms with Crippen molar-refractivity contribution < 1.29 is 19.1 Å². The number of hydrogen-bond donors (Lipinski definition) is 2. The van der Waals surface area contributed by atoms with Crippen LogP contribution in [0.1, 0.15) is 11.1 Å². The Balaban J connectivity index is 1.41. The molecule has 8 heteroatoms. The highest BCUT2D eigenvalue weighted by Crippen LogP contribution is 2.32. The first-order chi connectivity index (χ1) is 16.5. The molecule has 4 rings (SSSR count). The van der Waals surface area contributed by atoms with Gasteiger partial charge in [0.25, 0.3) is 11.8 Å². The van der Waals surface area contributed by atoms with Crippen molar-refractivity contribution in [3.05, 3.63) is 88.8 Å². The molecule has 2 amide bonds. The number of thioether (sulfide) groups is 1. The Kier molecular flexibility index (Phi) is 7.29. The van der Waals surface area contributed by atoms with Crippen LogP contribution in [-0.2, 0) is 9.59 Å². The van der Waals surface area contributed by atoms with Crippen LogP contribution < -0.4 is 20.1 Å². The Hall–Kier alpha value is -4.04. The predicted molar refractivity (Wildman–Crippen MR) is 136 cm³/mol. The normalized spacial score (nSPS) is 15.3. The lowest BCUT2D eigenvalue weighted by atomic mass is 10.2. The van der Waals surface area contributed by atoms with E-state index in [0.29, 0.717) is 27.3 Å². The number of anilines is 1. The number of nitrogens with one attached hydrogen (secondary N) is 2. The Labute approximate surface area is 201 Å². The molecule has 1 heterocycles. The number of methoxy groups -OCH3 is 1. The third-order valence-electron chi connectivity index (χ3n) is 4.78. The summed E-state index contributed by atoms with van der Waals surface area (Å²) in [5, 5.41) is 6.10. The van der Waals surface area contributed by atoms with E-state index in [1.54, 1.807) is 24.3 Å². The van der Waals surface area contributed by atoms with Crippen molar-refractivity contribution in [3.63, 3.8) is 0 Å². The second-order valence-electron chi connectivity index (χ2n) is 7.43. The highest BCUT2D eigenvalue weighted by atomic mass is 32.2. The van der Waals surface area contributed by atoms with Crippen molar-refractivity contribution >= 4 is 46.2 Å². The van der Waals surface area contributed by atoms with Crippen LogP contribution >= 0.6 is 11.8 Å². The van der Waals surface area contributed by atoms with Crippen molar-refractivity contribution in [2.24, 2.45) is 4.99 Å². The Morgan fingerprint density at radius 1 is 1.06 bits per heavy atom. The summed E-state index contributed by atoms with van der Waals surface area (Å²) in [6, 6.07) is 22.2. The summed E-state index contributed by atoms with van der Waals surface area (Å²) in [4.78, 5) is 29.6. The number of amidine groups is 1. The molecule has 1 aliphatic rings.